The lowest BCUT2D eigenvalue weighted by atomic mass is 10.2. The van der Waals surface area contributed by atoms with Gasteiger partial charge in [-0.3, -0.25) is 0 Å². The molecular formula is C12H16F3NO2. The van der Waals surface area contributed by atoms with Gasteiger partial charge in [0.05, 0.1) is 20.1 Å². The van der Waals surface area contributed by atoms with Crippen LogP contribution in [0.15, 0.2) is 18.2 Å². The first-order chi connectivity index (χ1) is 8.46. The number of ether oxygens (including phenoxy) is 2. The second kappa shape index (κ2) is 6.49. The van der Waals surface area contributed by atoms with Crippen LogP contribution in [0.4, 0.5) is 13.2 Å². The number of hydrogen-bond acceptors (Lipinski definition) is 3. The lowest BCUT2D eigenvalue weighted by Crippen LogP contribution is -2.14. The smallest absolute Gasteiger partial charge is 0.392 e. The third-order valence-electron chi connectivity index (χ3n) is 2.28. The maximum absolute atomic E-state index is 12.0. The summed E-state index contributed by atoms with van der Waals surface area (Å²) in [6.45, 7) is 0.124. The maximum Gasteiger partial charge on any atom is 0.392 e. The summed E-state index contributed by atoms with van der Waals surface area (Å²) in [6, 6.07) is 5.09. The van der Waals surface area contributed by atoms with Crippen molar-refractivity contribution < 1.29 is 22.6 Å². The number of halogens is 3. The van der Waals surface area contributed by atoms with Crippen molar-refractivity contribution >= 4 is 0 Å². The molecule has 18 heavy (non-hydrogen) atoms. The second-order valence-electron chi connectivity index (χ2n) is 3.72. The van der Waals surface area contributed by atoms with Crippen molar-refractivity contribution in [2.45, 2.75) is 19.1 Å². The van der Waals surface area contributed by atoms with Crippen LogP contribution in [0.2, 0.25) is 0 Å². The predicted octanol–water partition coefficient (Wildman–Crippen LogP) is 2.75. The molecule has 0 spiro atoms. The summed E-state index contributed by atoms with van der Waals surface area (Å²) < 4.78 is 46.3. The highest BCUT2D eigenvalue weighted by molar-refractivity contribution is 5.40. The van der Waals surface area contributed by atoms with Crippen LogP contribution in [0.25, 0.3) is 0 Å². The van der Waals surface area contributed by atoms with Gasteiger partial charge in [0.25, 0.3) is 0 Å². The fraction of sp³-hybridized carbons (Fsp3) is 0.500. The van der Waals surface area contributed by atoms with Crippen molar-refractivity contribution in [3.63, 3.8) is 0 Å². The van der Waals surface area contributed by atoms with Crippen LogP contribution in [-0.2, 0) is 6.54 Å². The van der Waals surface area contributed by atoms with Crippen LogP contribution in [0, 0.1) is 0 Å². The zero-order valence-corrected chi connectivity index (χ0v) is 10.3. The van der Waals surface area contributed by atoms with E-state index in [0.717, 1.165) is 5.56 Å². The molecule has 0 radical (unpaired) electrons. The van der Waals surface area contributed by atoms with E-state index in [1.807, 2.05) is 0 Å². The van der Waals surface area contributed by atoms with Crippen molar-refractivity contribution in [2.75, 3.05) is 20.8 Å². The molecule has 3 nitrogen and oxygen atoms in total. The van der Waals surface area contributed by atoms with E-state index in [1.165, 1.54) is 7.11 Å². The van der Waals surface area contributed by atoms with Crippen molar-refractivity contribution in [3.05, 3.63) is 23.8 Å². The van der Waals surface area contributed by atoms with Gasteiger partial charge in [-0.25, -0.2) is 0 Å². The molecule has 0 atom stereocenters. The summed E-state index contributed by atoms with van der Waals surface area (Å²) in [7, 11) is 3.25. The monoisotopic (exact) mass is 263 g/mol. The van der Waals surface area contributed by atoms with Crippen LogP contribution in [0.3, 0.4) is 0 Å². The fourth-order valence-corrected chi connectivity index (χ4v) is 1.41. The molecule has 1 aromatic rings. The minimum Gasteiger partial charge on any atom is -0.497 e. The molecule has 0 amide bonds. The van der Waals surface area contributed by atoms with Gasteiger partial charge in [-0.1, -0.05) is 6.07 Å². The zero-order valence-electron chi connectivity index (χ0n) is 10.3. The maximum atomic E-state index is 12.0. The van der Waals surface area contributed by atoms with E-state index >= 15 is 0 Å². The Bertz CT molecular complexity index is 380. The number of rotatable bonds is 6. The fourth-order valence-electron chi connectivity index (χ4n) is 1.41. The molecule has 1 rings (SSSR count). The minimum absolute atomic E-state index is 0.395. The van der Waals surface area contributed by atoms with Crippen LogP contribution < -0.4 is 14.8 Å². The Morgan fingerprint density at radius 2 is 2.00 bits per heavy atom. The lowest BCUT2D eigenvalue weighted by Gasteiger charge is -2.13. The largest absolute Gasteiger partial charge is 0.497 e. The van der Waals surface area contributed by atoms with E-state index in [2.05, 4.69) is 5.32 Å². The van der Waals surface area contributed by atoms with E-state index < -0.39 is 19.2 Å². The number of methoxy groups -OCH3 is 1. The highest BCUT2D eigenvalue weighted by atomic mass is 19.4. The molecule has 0 heterocycles. The molecule has 0 fully saturated rings. The average Bonchev–Trinajstić information content (AvgIpc) is 2.30. The average molecular weight is 263 g/mol. The van der Waals surface area contributed by atoms with Gasteiger partial charge in [-0.05, 0) is 13.1 Å². The van der Waals surface area contributed by atoms with Crippen molar-refractivity contribution in [2.24, 2.45) is 0 Å². The van der Waals surface area contributed by atoms with E-state index in [-0.39, 0.29) is 0 Å². The van der Waals surface area contributed by atoms with Gasteiger partial charge in [0.2, 0.25) is 0 Å². The Balaban J connectivity index is 2.71. The summed E-state index contributed by atoms with van der Waals surface area (Å²) in [5.41, 5.74) is 0.792. The molecule has 1 aromatic carbocycles. The molecule has 0 aliphatic heterocycles. The molecule has 0 aliphatic rings. The molecule has 1 N–H and O–H groups in total. The summed E-state index contributed by atoms with van der Waals surface area (Å²) in [5.74, 6) is 0.963. The SMILES string of the molecule is CNCc1ccc(OC)cc1OCCC(F)(F)F. The summed E-state index contributed by atoms with van der Waals surface area (Å²) in [6.07, 6.45) is -5.18. The normalized spacial score (nSPS) is 11.4. The van der Waals surface area contributed by atoms with Crippen LogP contribution in [-0.4, -0.2) is 26.9 Å². The predicted molar refractivity (Wildman–Crippen MR) is 61.9 cm³/mol. The van der Waals surface area contributed by atoms with Crippen molar-refractivity contribution in [3.8, 4) is 11.5 Å². The third kappa shape index (κ3) is 4.83. The molecular weight excluding hydrogens is 247 g/mol. The van der Waals surface area contributed by atoms with Crippen molar-refractivity contribution in [1.29, 1.82) is 0 Å². The standard InChI is InChI=1S/C12H16F3NO2/c1-16-8-9-3-4-10(17-2)7-11(9)18-6-5-12(13,14)15/h3-4,7,16H,5-6,8H2,1-2H3. The molecule has 0 aliphatic carbocycles. The number of hydrogen-bond donors (Lipinski definition) is 1. The first-order valence-electron chi connectivity index (χ1n) is 5.47. The Hall–Kier alpha value is -1.43. The third-order valence-corrected chi connectivity index (χ3v) is 2.28. The van der Waals surface area contributed by atoms with Gasteiger partial charge in [0.1, 0.15) is 11.5 Å². The Labute approximate surface area is 104 Å². The molecule has 0 saturated heterocycles. The van der Waals surface area contributed by atoms with Gasteiger partial charge in [-0.2, -0.15) is 13.2 Å². The zero-order chi connectivity index (χ0) is 13.6. The summed E-state index contributed by atoms with van der Waals surface area (Å²) in [5, 5.41) is 2.93. The van der Waals surface area contributed by atoms with Gasteiger partial charge in [0, 0.05) is 18.2 Å². The van der Waals surface area contributed by atoms with E-state index in [1.54, 1.807) is 25.2 Å². The summed E-state index contributed by atoms with van der Waals surface area (Å²) in [4.78, 5) is 0. The van der Waals surface area contributed by atoms with Gasteiger partial charge < -0.3 is 14.8 Å². The van der Waals surface area contributed by atoms with Gasteiger partial charge in [-0.15, -0.1) is 0 Å². The van der Waals surface area contributed by atoms with E-state index in [0.29, 0.717) is 18.0 Å². The Kier molecular flexibility index (Phi) is 5.27. The number of alkyl halides is 3. The minimum atomic E-state index is -4.21. The highest BCUT2D eigenvalue weighted by Crippen LogP contribution is 2.26. The molecule has 0 aromatic heterocycles. The number of nitrogens with one attached hydrogen (secondary N) is 1. The van der Waals surface area contributed by atoms with Gasteiger partial charge >= 0.3 is 6.18 Å². The van der Waals surface area contributed by atoms with Crippen LogP contribution in [0.1, 0.15) is 12.0 Å². The topological polar surface area (TPSA) is 30.5 Å². The second-order valence-corrected chi connectivity index (χ2v) is 3.72. The highest BCUT2D eigenvalue weighted by Gasteiger charge is 2.27. The van der Waals surface area contributed by atoms with Crippen LogP contribution >= 0.6 is 0 Å². The molecule has 0 bridgehead atoms. The Morgan fingerprint density at radius 1 is 1.28 bits per heavy atom. The lowest BCUT2D eigenvalue weighted by molar-refractivity contribution is -0.139. The van der Waals surface area contributed by atoms with Crippen molar-refractivity contribution in [1.82, 2.24) is 5.32 Å². The number of benzene rings is 1. The Morgan fingerprint density at radius 3 is 2.56 bits per heavy atom. The molecule has 0 saturated carbocycles. The van der Waals surface area contributed by atoms with E-state index in [4.69, 9.17) is 9.47 Å². The quantitative estimate of drug-likeness (QED) is 0.856. The first-order valence-corrected chi connectivity index (χ1v) is 5.47. The van der Waals surface area contributed by atoms with E-state index in [9.17, 15) is 13.2 Å². The molecule has 102 valence electrons. The van der Waals surface area contributed by atoms with Gasteiger partial charge in [0.15, 0.2) is 0 Å². The molecule has 6 heteroatoms. The molecule has 0 unspecified atom stereocenters. The first kappa shape index (κ1) is 14.6. The van der Waals surface area contributed by atoms with Crippen LogP contribution in [0.5, 0.6) is 11.5 Å². The summed E-state index contributed by atoms with van der Waals surface area (Å²) >= 11 is 0.